The second kappa shape index (κ2) is 12.0. The highest BCUT2D eigenvalue weighted by molar-refractivity contribution is 7.89. The lowest BCUT2D eigenvalue weighted by Crippen LogP contribution is -2.37. The van der Waals surface area contributed by atoms with Crippen molar-refractivity contribution in [3.8, 4) is 17.2 Å². The Labute approximate surface area is 200 Å². The van der Waals surface area contributed by atoms with Gasteiger partial charge in [0.25, 0.3) is 0 Å². The summed E-state index contributed by atoms with van der Waals surface area (Å²) in [6.45, 7) is -0.188. The Morgan fingerprint density at radius 3 is 2.41 bits per heavy atom. The molecule has 2 aromatic carbocycles. The largest absolute Gasteiger partial charge is 0.493 e. The van der Waals surface area contributed by atoms with Crippen LogP contribution in [0.25, 0.3) is 0 Å². The maximum Gasteiger partial charge on any atom is 0.240 e. The molecular formula is C24H32N2O7S. The molecule has 186 valence electrons. The Balaban J connectivity index is 1.41. The van der Waals surface area contributed by atoms with Crippen LogP contribution in [0.5, 0.6) is 17.2 Å². The fraction of sp³-hybridized carbons (Fsp3) is 0.458. The SMILES string of the molecule is COc1cccc(OC)c1OCC(O)CNC(=O)CCNS(=O)(=O)c1ccc2c(c1)CCCC2. The van der Waals surface area contributed by atoms with Crippen LogP contribution < -0.4 is 24.2 Å². The van der Waals surface area contributed by atoms with Gasteiger partial charge in [0.15, 0.2) is 11.5 Å². The van der Waals surface area contributed by atoms with Gasteiger partial charge in [-0.25, -0.2) is 13.1 Å². The van der Waals surface area contributed by atoms with Crippen molar-refractivity contribution < 1.29 is 32.5 Å². The fourth-order valence-electron chi connectivity index (χ4n) is 3.78. The number of amides is 1. The molecule has 3 N–H and O–H groups in total. The van der Waals surface area contributed by atoms with E-state index in [1.807, 2.05) is 6.07 Å². The van der Waals surface area contributed by atoms with Crippen LogP contribution in [0.3, 0.4) is 0 Å². The fourth-order valence-corrected chi connectivity index (χ4v) is 4.86. The number of aryl methyl sites for hydroxylation is 2. The van der Waals surface area contributed by atoms with E-state index in [0.717, 1.165) is 31.2 Å². The minimum atomic E-state index is -3.70. The lowest BCUT2D eigenvalue weighted by Gasteiger charge is -2.17. The van der Waals surface area contributed by atoms with E-state index in [0.29, 0.717) is 17.2 Å². The van der Waals surface area contributed by atoms with Crippen molar-refractivity contribution in [3.05, 3.63) is 47.5 Å². The molecule has 1 aliphatic rings. The average molecular weight is 493 g/mol. The van der Waals surface area contributed by atoms with Crippen molar-refractivity contribution in [2.45, 2.75) is 43.1 Å². The minimum absolute atomic E-state index is 0.0454. The lowest BCUT2D eigenvalue weighted by atomic mass is 9.92. The third-order valence-corrected chi connectivity index (χ3v) is 7.07. The van der Waals surface area contributed by atoms with E-state index >= 15 is 0 Å². The predicted molar refractivity (Wildman–Crippen MR) is 127 cm³/mol. The van der Waals surface area contributed by atoms with E-state index in [9.17, 15) is 18.3 Å². The number of hydrogen-bond acceptors (Lipinski definition) is 7. The third-order valence-electron chi connectivity index (χ3n) is 5.61. The molecule has 1 amide bonds. The van der Waals surface area contributed by atoms with Crippen LogP contribution in [0, 0.1) is 0 Å². The highest BCUT2D eigenvalue weighted by Crippen LogP contribution is 2.36. The van der Waals surface area contributed by atoms with Gasteiger partial charge in [0, 0.05) is 19.5 Å². The Morgan fingerprint density at radius 1 is 1.06 bits per heavy atom. The van der Waals surface area contributed by atoms with E-state index in [2.05, 4.69) is 10.0 Å². The van der Waals surface area contributed by atoms with Crippen LogP contribution in [-0.4, -0.2) is 59.5 Å². The molecule has 10 heteroatoms. The molecule has 0 bridgehead atoms. The zero-order chi connectivity index (χ0) is 24.6. The van der Waals surface area contributed by atoms with Crippen LogP contribution >= 0.6 is 0 Å². The van der Waals surface area contributed by atoms with Gasteiger partial charge in [0.2, 0.25) is 21.7 Å². The number of nitrogens with one attached hydrogen (secondary N) is 2. The zero-order valence-electron chi connectivity index (χ0n) is 19.5. The number of benzene rings is 2. The molecule has 2 aromatic rings. The van der Waals surface area contributed by atoms with E-state index in [1.165, 1.54) is 19.8 Å². The van der Waals surface area contributed by atoms with Crippen LogP contribution in [-0.2, 0) is 27.7 Å². The second-order valence-electron chi connectivity index (χ2n) is 8.05. The van der Waals surface area contributed by atoms with Crippen molar-refractivity contribution in [2.24, 2.45) is 0 Å². The first-order valence-corrected chi connectivity index (χ1v) is 12.7. The number of methoxy groups -OCH3 is 2. The van der Waals surface area contributed by atoms with E-state index in [4.69, 9.17) is 14.2 Å². The summed E-state index contributed by atoms with van der Waals surface area (Å²) in [7, 11) is -0.700. The average Bonchev–Trinajstić information content (AvgIpc) is 2.85. The Kier molecular flexibility index (Phi) is 9.14. The molecule has 0 heterocycles. The number of carbonyl (C=O) groups excluding carboxylic acids is 1. The molecule has 34 heavy (non-hydrogen) atoms. The van der Waals surface area contributed by atoms with Gasteiger partial charge in [-0.15, -0.1) is 0 Å². The van der Waals surface area contributed by atoms with Crippen molar-refractivity contribution in [1.82, 2.24) is 10.0 Å². The van der Waals surface area contributed by atoms with Gasteiger partial charge in [0.1, 0.15) is 12.7 Å². The van der Waals surface area contributed by atoms with Crippen molar-refractivity contribution in [3.63, 3.8) is 0 Å². The standard InChI is InChI=1S/C24H32N2O7S/c1-31-21-8-5-9-22(32-2)24(21)33-16-19(27)15-25-23(28)12-13-26-34(29,30)20-11-10-17-6-3-4-7-18(17)14-20/h5,8-11,14,19,26-27H,3-4,6-7,12-13,15-16H2,1-2H3,(H,25,28). The number of sulfonamides is 1. The second-order valence-corrected chi connectivity index (χ2v) is 9.81. The van der Waals surface area contributed by atoms with Crippen molar-refractivity contribution in [1.29, 1.82) is 0 Å². The molecule has 1 aliphatic carbocycles. The van der Waals surface area contributed by atoms with E-state index in [1.54, 1.807) is 30.3 Å². The van der Waals surface area contributed by atoms with E-state index in [-0.39, 0.29) is 36.9 Å². The molecule has 0 aliphatic heterocycles. The van der Waals surface area contributed by atoms with Crippen LogP contribution in [0.4, 0.5) is 0 Å². The molecule has 1 atom stereocenters. The van der Waals surface area contributed by atoms with Crippen LogP contribution in [0.1, 0.15) is 30.4 Å². The Bertz CT molecular complexity index is 1070. The number of aliphatic hydroxyl groups is 1. The van der Waals surface area contributed by atoms with Crippen LogP contribution in [0.2, 0.25) is 0 Å². The molecule has 1 unspecified atom stereocenters. The number of para-hydroxylation sites is 1. The maximum absolute atomic E-state index is 12.6. The van der Waals surface area contributed by atoms with Gasteiger partial charge in [-0.3, -0.25) is 4.79 Å². The van der Waals surface area contributed by atoms with Crippen molar-refractivity contribution in [2.75, 3.05) is 33.9 Å². The summed E-state index contributed by atoms with van der Waals surface area (Å²) in [5.41, 5.74) is 2.28. The molecule has 0 saturated heterocycles. The number of carbonyl (C=O) groups is 1. The summed E-state index contributed by atoms with van der Waals surface area (Å²) in [5, 5.41) is 12.7. The number of ether oxygens (including phenoxy) is 3. The first-order valence-electron chi connectivity index (χ1n) is 11.2. The molecule has 0 radical (unpaired) electrons. The molecule has 0 aromatic heterocycles. The first-order chi connectivity index (χ1) is 16.3. The summed E-state index contributed by atoms with van der Waals surface area (Å²) in [4.78, 5) is 12.3. The summed E-state index contributed by atoms with van der Waals surface area (Å²) >= 11 is 0. The molecule has 0 saturated carbocycles. The quantitative estimate of drug-likeness (QED) is 0.413. The van der Waals surface area contributed by atoms with Gasteiger partial charge in [-0.1, -0.05) is 12.1 Å². The summed E-state index contributed by atoms with van der Waals surface area (Å²) in [6.07, 6.45) is 3.02. The smallest absolute Gasteiger partial charge is 0.240 e. The van der Waals surface area contributed by atoms with E-state index < -0.39 is 16.1 Å². The number of rotatable bonds is 12. The van der Waals surface area contributed by atoms with Gasteiger partial charge in [-0.2, -0.15) is 0 Å². The van der Waals surface area contributed by atoms with Crippen LogP contribution in [0.15, 0.2) is 41.3 Å². The summed E-state index contributed by atoms with van der Waals surface area (Å²) < 4.78 is 43.7. The number of fused-ring (bicyclic) bond motifs is 1. The number of aliphatic hydroxyl groups excluding tert-OH is 1. The predicted octanol–water partition coefficient (Wildman–Crippen LogP) is 1.81. The Morgan fingerprint density at radius 2 is 1.74 bits per heavy atom. The topological polar surface area (TPSA) is 123 Å². The summed E-state index contributed by atoms with van der Waals surface area (Å²) in [6, 6.07) is 10.4. The first kappa shape index (κ1) is 25.8. The zero-order valence-corrected chi connectivity index (χ0v) is 20.3. The van der Waals surface area contributed by atoms with Gasteiger partial charge >= 0.3 is 0 Å². The molecule has 9 nitrogen and oxygen atoms in total. The monoisotopic (exact) mass is 492 g/mol. The Hall–Kier alpha value is -2.82. The third kappa shape index (κ3) is 6.85. The molecule has 3 rings (SSSR count). The summed E-state index contributed by atoms with van der Waals surface area (Å²) in [5.74, 6) is 0.889. The molecule has 0 fully saturated rings. The minimum Gasteiger partial charge on any atom is -0.493 e. The highest BCUT2D eigenvalue weighted by Gasteiger charge is 2.18. The lowest BCUT2D eigenvalue weighted by molar-refractivity contribution is -0.121. The molecule has 0 spiro atoms. The van der Waals surface area contributed by atoms with Crippen molar-refractivity contribution >= 4 is 15.9 Å². The molecular weight excluding hydrogens is 460 g/mol. The van der Waals surface area contributed by atoms with Gasteiger partial charge < -0.3 is 24.6 Å². The highest BCUT2D eigenvalue weighted by atomic mass is 32.2. The van der Waals surface area contributed by atoms with Gasteiger partial charge in [-0.05, 0) is 61.1 Å². The normalized spacial score (nSPS) is 14.1. The maximum atomic E-state index is 12.6. The van der Waals surface area contributed by atoms with Gasteiger partial charge in [0.05, 0.1) is 19.1 Å². The number of hydrogen-bond donors (Lipinski definition) is 3.